The predicted octanol–water partition coefficient (Wildman–Crippen LogP) is 4.98. The maximum atomic E-state index is 10.6. The average Bonchev–Trinajstić information content (AvgIpc) is 3.07. The second kappa shape index (κ2) is 12.9. The van der Waals surface area contributed by atoms with E-state index in [1.165, 1.54) is 0 Å². The Balaban J connectivity index is 0.000000451. The summed E-state index contributed by atoms with van der Waals surface area (Å²) in [7, 11) is 9.87. The van der Waals surface area contributed by atoms with E-state index in [1.807, 2.05) is 78.0 Å². The van der Waals surface area contributed by atoms with Gasteiger partial charge in [0, 0.05) is 6.20 Å². The van der Waals surface area contributed by atoms with Crippen LogP contribution in [0.4, 0.5) is 0 Å². The van der Waals surface area contributed by atoms with Crippen LogP contribution in [0.2, 0.25) is 0 Å². The molecule has 0 bridgehead atoms. The summed E-state index contributed by atoms with van der Waals surface area (Å²) >= 11 is -0.826. The van der Waals surface area contributed by atoms with Crippen LogP contribution in [-0.2, 0) is 26.4 Å². The van der Waals surface area contributed by atoms with Gasteiger partial charge in [0.1, 0.15) is 5.60 Å². The minimum atomic E-state index is -0.826. The van der Waals surface area contributed by atoms with Gasteiger partial charge in [0.25, 0.3) is 0 Å². The van der Waals surface area contributed by atoms with Crippen LogP contribution in [0.3, 0.4) is 0 Å². The van der Waals surface area contributed by atoms with Crippen molar-refractivity contribution >= 4 is 17.0 Å². The fraction of sp³-hybridized carbons (Fsp3) is 0.412. The summed E-state index contributed by atoms with van der Waals surface area (Å²) in [6.07, 6.45) is 11.7. The summed E-state index contributed by atoms with van der Waals surface area (Å²) < 4.78 is 0. The predicted molar refractivity (Wildman–Crippen MR) is 91.0 cm³/mol. The second-order valence-corrected chi connectivity index (χ2v) is 9.12. The molecule has 2 nitrogen and oxygen atoms in total. The Kier molecular flexibility index (Phi) is 13.3. The van der Waals surface area contributed by atoms with Gasteiger partial charge in [0.05, 0.1) is 5.69 Å². The summed E-state index contributed by atoms with van der Waals surface area (Å²) in [5.74, 6) is 0.329. The van der Waals surface area contributed by atoms with Crippen LogP contribution in [0.25, 0.3) is 0 Å². The molecule has 22 heavy (non-hydrogen) atoms. The summed E-state index contributed by atoms with van der Waals surface area (Å²) in [6.45, 7) is 8.09. The molecule has 5 heteroatoms. The topological polar surface area (TPSA) is 33.1 Å². The molecule has 5 radical (unpaired) electrons. The van der Waals surface area contributed by atoms with Crippen molar-refractivity contribution in [2.24, 2.45) is 11.8 Å². The van der Waals surface area contributed by atoms with Crippen molar-refractivity contribution in [1.29, 1.82) is 0 Å². The van der Waals surface area contributed by atoms with E-state index in [1.54, 1.807) is 6.20 Å². The van der Waals surface area contributed by atoms with Crippen molar-refractivity contribution in [2.45, 2.75) is 33.3 Å². The van der Waals surface area contributed by atoms with Crippen LogP contribution in [0.15, 0.2) is 24.4 Å². The first-order valence-corrected chi connectivity index (χ1v) is 13.5. The fourth-order valence-electron chi connectivity index (χ4n) is 2.18. The molecule has 0 saturated heterocycles. The molecule has 1 aliphatic rings. The molecule has 121 valence electrons. The number of halogens is 2. The summed E-state index contributed by atoms with van der Waals surface area (Å²) in [4.78, 5) is 4.24. The number of nitrogens with zero attached hydrogens (tertiary/aromatic N) is 1. The number of pyridine rings is 1. The van der Waals surface area contributed by atoms with Crippen LogP contribution in [0.5, 0.6) is 0 Å². The molecule has 1 saturated carbocycles. The van der Waals surface area contributed by atoms with Crippen molar-refractivity contribution < 1.29 is 26.0 Å². The van der Waals surface area contributed by atoms with Gasteiger partial charge in [-0.2, -0.15) is 0 Å². The summed E-state index contributed by atoms with van der Waals surface area (Å²) in [6, 6.07) is 5.67. The van der Waals surface area contributed by atoms with E-state index in [2.05, 4.69) is 4.98 Å². The quantitative estimate of drug-likeness (QED) is 0.748. The summed E-state index contributed by atoms with van der Waals surface area (Å²) in [5, 5.41) is 10.6. The minimum absolute atomic E-state index is 0.164. The Hall–Kier alpha value is 0.573. The Morgan fingerprint density at radius 1 is 0.955 bits per heavy atom. The van der Waals surface area contributed by atoms with Crippen LogP contribution in [0, 0.1) is 43.9 Å². The van der Waals surface area contributed by atoms with E-state index < -0.39 is 26.4 Å². The van der Waals surface area contributed by atoms with Gasteiger partial charge in [-0.25, -0.2) is 0 Å². The first-order valence-electron chi connectivity index (χ1n) is 7.18. The molecular weight excluding hydrogens is 396 g/mol. The Bertz CT molecular complexity index is 355. The third kappa shape index (κ3) is 7.91. The number of hydrogen-bond donors (Lipinski definition) is 1. The summed E-state index contributed by atoms with van der Waals surface area (Å²) in [5.41, 5.74) is -0.0497. The Morgan fingerprint density at radius 3 is 1.64 bits per heavy atom. The normalized spacial score (nSPS) is 14.0. The van der Waals surface area contributed by atoms with Crippen molar-refractivity contribution in [1.82, 2.24) is 4.98 Å². The third-order valence-electron chi connectivity index (χ3n) is 3.39. The SMILES string of the molecule is CC(C)C(O)(c1ccccn1)C(C)C.[CH]1[CH][CH][CH][CH]1.[Cl][Zr][Cl]. The molecule has 0 unspecified atom stereocenters. The molecule has 1 aromatic heterocycles. The van der Waals surface area contributed by atoms with Crippen molar-refractivity contribution in [3.05, 3.63) is 62.2 Å². The number of hydrogen-bond acceptors (Lipinski definition) is 2. The van der Waals surface area contributed by atoms with Gasteiger partial charge < -0.3 is 5.11 Å². The zero-order valence-corrected chi connectivity index (χ0v) is 17.5. The van der Waals surface area contributed by atoms with E-state index in [4.69, 9.17) is 17.0 Å². The molecule has 1 aromatic rings. The van der Waals surface area contributed by atoms with E-state index in [9.17, 15) is 5.11 Å². The maximum absolute atomic E-state index is 10.6. The van der Waals surface area contributed by atoms with Gasteiger partial charge in [-0.1, -0.05) is 33.8 Å². The van der Waals surface area contributed by atoms with Crippen LogP contribution in [0.1, 0.15) is 33.4 Å². The van der Waals surface area contributed by atoms with Gasteiger partial charge in [-0.05, 0) is 56.1 Å². The van der Waals surface area contributed by atoms with Crippen LogP contribution < -0.4 is 0 Å². The first-order chi connectivity index (χ1) is 10.4. The number of aliphatic hydroxyl groups is 1. The molecule has 1 heterocycles. The zero-order chi connectivity index (χ0) is 17.0. The molecule has 1 fully saturated rings. The van der Waals surface area contributed by atoms with Crippen molar-refractivity contribution in [2.75, 3.05) is 0 Å². The van der Waals surface area contributed by atoms with Crippen molar-refractivity contribution in [3.8, 4) is 0 Å². The molecule has 0 atom stereocenters. The Morgan fingerprint density at radius 2 is 1.36 bits per heavy atom. The molecule has 0 aliphatic heterocycles. The number of rotatable bonds is 3. The van der Waals surface area contributed by atoms with Gasteiger partial charge in [-0.15, -0.1) is 0 Å². The van der Waals surface area contributed by atoms with E-state index in [-0.39, 0.29) is 11.8 Å². The second-order valence-electron chi connectivity index (χ2n) is 5.38. The number of aromatic nitrogens is 1. The monoisotopic (exact) mass is 418 g/mol. The van der Waals surface area contributed by atoms with Crippen LogP contribution in [-0.4, -0.2) is 10.1 Å². The molecule has 1 N–H and O–H groups in total. The van der Waals surface area contributed by atoms with E-state index in [0.717, 1.165) is 5.69 Å². The molecule has 0 aromatic carbocycles. The molecule has 0 spiro atoms. The van der Waals surface area contributed by atoms with Gasteiger partial charge in [0.2, 0.25) is 0 Å². The molecule has 0 amide bonds. The van der Waals surface area contributed by atoms with E-state index in [0.29, 0.717) is 0 Å². The average molecular weight is 421 g/mol. The first kappa shape index (κ1) is 22.6. The molecule has 1 aliphatic carbocycles. The molecule has 2 rings (SSSR count). The van der Waals surface area contributed by atoms with Gasteiger partial charge in [-0.3, -0.25) is 4.98 Å². The molecular formula is C17H24Cl2NOZr. The van der Waals surface area contributed by atoms with Gasteiger partial charge in [0.15, 0.2) is 0 Å². The van der Waals surface area contributed by atoms with Gasteiger partial charge >= 0.3 is 37.9 Å². The van der Waals surface area contributed by atoms with Crippen molar-refractivity contribution in [3.63, 3.8) is 0 Å². The Labute approximate surface area is 154 Å². The third-order valence-corrected chi connectivity index (χ3v) is 3.39. The van der Waals surface area contributed by atoms with Crippen LogP contribution >= 0.6 is 17.0 Å². The fourth-order valence-corrected chi connectivity index (χ4v) is 2.18. The van der Waals surface area contributed by atoms with E-state index >= 15 is 0 Å². The standard InChI is InChI=1S/C12H19NO.C5H5.2ClH.Zr/c1-9(2)12(14,10(3)4)11-7-5-6-8-13-11;1-2-4-5-3-1;;;/h5-10,14H,1-4H3;1-5H;2*1H;/q;;;;+2/p-2. The zero-order valence-electron chi connectivity index (χ0n) is 13.5.